The first-order valence-electron chi connectivity index (χ1n) is 6.51. The number of aliphatic carboxylic acids is 1. The fraction of sp³-hybridized carbons (Fsp3) is 0.467. The molecule has 1 amide bonds. The van der Waals surface area contributed by atoms with E-state index >= 15 is 0 Å². The lowest BCUT2D eigenvalue weighted by Crippen LogP contribution is -2.24. The fourth-order valence-electron chi connectivity index (χ4n) is 1.61. The molecule has 0 bridgehead atoms. The standard InChI is InChI=1S/C15H21NO3/c1-10(2)11(3)15(19)16-13-6-4-5-12(9-13)7-8-14(17)18/h4-6,9-11H,7-8H2,1-3H3,(H,16,19)(H,17,18). The van der Waals surface area contributed by atoms with E-state index in [1.54, 1.807) is 0 Å². The van der Waals surface area contributed by atoms with Crippen molar-refractivity contribution >= 4 is 17.6 Å². The molecule has 1 atom stereocenters. The van der Waals surface area contributed by atoms with Gasteiger partial charge in [-0.25, -0.2) is 0 Å². The summed E-state index contributed by atoms with van der Waals surface area (Å²) >= 11 is 0. The van der Waals surface area contributed by atoms with Crippen LogP contribution in [0.25, 0.3) is 0 Å². The Balaban J connectivity index is 2.66. The molecule has 0 fully saturated rings. The van der Waals surface area contributed by atoms with Crippen LogP contribution in [0, 0.1) is 11.8 Å². The number of benzene rings is 1. The monoisotopic (exact) mass is 263 g/mol. The third-order valence-corrected chi connectivity index (χ3v) is 3.24. The third kappa shape index (κ3) is 5.12. The van der Waals surface area contributed by atoms with Gasteiger partial charge in [-0.1, -0.05) is 32.9 Å². The number of anilines is 1. The highest BCUT2D eigenvalue weighted by Gasteiger charge is 2.16. The van der Waals surface area contributed by atoms with Gasteiger partial charge >= 0.3 is 5.97 Å². The van der Waals surface area contributed by atoms with Crippen LogP contribution in [-0.4, -0.2) is 17.0 Å². The quantitative estimate of drug-likeness (QED) is 0.829. The molecule has 104 valence electrons. The van der Waals surface area contributed by atoms with E-state index in [1.807, 2.05) is 45.0 Å². The summed E-state index contributed by atoms with van der Waals surface area (Å²) in [6.45, 7) is 5.91. The van der Waals surface area contributed by atoms with Crippen LogP contribution in [0.5, 0.6) is 0 Å². The van der Waals surface area contributed by atoms with Crippen LogP contribution in [0.2, 0.25) is 0 Å². The first-order valence-corrected chi connectivity index (χ1v) is 6.51. The lowest BCUT2D eigenvalue weighted by atomic mass is 9.97. The smallest absolute Gasteiger partial charge is 0.303 e. The number of hydrogen-bond donors (Lipinski definition) is 2. The second kappa shape index (κ2) is 6.92. The first-order chi connectivity index (χ1) is 8.90. The molecular weight excluding hydrogens is 242 g/mol. The van der Waals surface area contributed by atoms with Gasteiger partial charge in [0.1, 0.15) is 0 Å². The molecule has 1 aromatic carbocycles. The molecule has 1 unspecified atom stereocenters. The predicted molar refractivity (Wildman–Crippen MR) is 75.0 cm³/mol. The summed E-state index contributed by atoms with van der Waals surface area (Å²) in [6.07, 6.45) is 0.568. The maximum atomic E-state index is 11.9. The Bertz CT molecular complexity index is 454. The van der Waals surface area contributed by atoms with E-state index in [4.69, 9.17) is 5.11 Å². The summed E-state index contributed by atoms with van der Waals surface area (Å²) < 4.78 is 0. The van der Waals surface area contributed by atoms with E-state index in [0.717, 1.165) is 11.3 Å². The van der Waals surface area contributed by atoms with Crippen molar-refractivity contribution in [2.24, 2.45) is 11.8 Å². The topological polar surface area (TPSA) is 66.4 Å². The van der Waals surface area contributed by atoms with Gasteiger partial charge in [0.2, 0.25) is 5.91 Å². The molecular formula is C15H21NO3. The summed E-state index contributed by atoms with van der Waals surface area (Å²) in [4.78, 5) is 22.5. The number of amides is 1. The molecule has 0 aromatic heterocycles. The van der Waals surface area contributed by atoms with Crippen LogP contribution in [0.3, 0.4) is 0 Å². The van der Waals surface area contributed by atoms with Gasteiger partial charge in [-0.2, -0.15) is 0 Å². The minimum Gasteiger partial charge on any atom is -0.481 e. The van der Waals surface area contributed by atoms with Gasteiger partial charge in [0, 0.05) is 18.0 Å². The molecule has 2 N–H and O–H groups in total. The molecule has 1 rings (SSSR count). The van der Waals surface area contributed by atoms with Crippen molar-refractivity contribution in [2.75, 3.05) is 5.32 Å². The van der Waals surface area contributed by atoms with Crippen molar-refractivity contribution in [3.63, 3.8) is 0 Å². The summed E-state index contributed by atoms with van der Waals surface area (Å²) in [6, 6.07) is 7.33. The van der Waals surface area contributed by atoms with Crippen LogP contribution in [0.1, 0.15) is 32.8 Å². The molecule has 0 aliphatic rings. The predicted octanol–water partition coefficient (Wildman–Crippen LogP) is 2.93. The zero-order valence-electron chi connectivity index (χ0n) is 11.6. The molecule has 0 saturated heterocycles. The second-order valence-corrected chi connectivity index (χ2v) is 5.12. The molecule has 4 heteroatoms. The lowest BCUT2D eigenvalue weighted by Gasteiger charge is -2.15. The molecule has 0 saturated carbocycles. The van der Waals surface area contributed by atoms with Gasteiger partial charge in [0.25, 0.3) is 0 Å². The average molecular weight is 263 g/mol. The summed E-state index contributed by atoms with van der Waals surface area (Å²) in [5.41, 5.74) is 1.64. The van der Waals surface area contributed by atoms with Crippen molar-refractivity contribution in [3.05, 3.63) is 29.8 Å². The molecule has 19 heavy (non-hydrogen) atoms. The highest BCUT2D eigenvalue weighted by Crippen LogP contribution is 2.16. The fourth-order valence-corrected chi connectivity index (χ4v) is 1.61. The first kappa shape index (κ1) is 15.2. The van der Waals surface area contributed by atoms with Crippen LogP contribution in [0.4, 0.5) is 5.69 Å². The van der Waals surface area contributed by atoms with Gasteiger partial charge in [0.05, 0.1) is 0 Å². The lowest BCUT2D eigenvalue weighted by molar-refractivity contribution is -0.137. The minimum atomic E-state index is -0.817. The zero-order valence-corrected chi connectivity index (χ0v) is 11.6. The Hall–Kier alpha value is -1.84. The van der Waals surface area contributed by atoms with Crippen molar-refractivity contribution < 1.29 is 14.7 Å². The third-order valence-electron chi connectivity index (χ3n) is 3.24. The highest BCUT2D eigenvalue weighted by molar-refractivity contribution is 5.92. The van der Waals surface area contributed by atoms with E-state index in [0.29, 0.717) is 6.42 Å². The molecule has 1 aromatic rings. The number of nitrogens with one attached hydrogen (secondary N) is 1. The number of rotatable bonds is 6. The summed E-state index contributed by atoms with van der Waals surface area (Å²) in [5.74, 6) is -0.592. The molecule has 0 radical (unpaired) electrons. The van der Waals surface area contributed by atoms with Crippen molar-refractivity contribution in [1.82, 2.24) is 0 Å². The van der Waals surface area contributed by atoms with Crippen LogP contribution in [-0.2, 0) is 16.0 Å². The number of aryl methyl sites for hydroxylation is 1. The largest absolute Gasteiger partial charge is 0.481 e. The highest BCUT2D eigenvalue weighted by atomic mass is 16.4. The van der Waals surface area contributed by atoms with E-state index in [-0.39, 0.29) is 24.2 Å². The van der Waals surface area contributed by atoms with Gasteiger partial charge in [0.15, 0.2) is 0 Å². The maximum absolute atomic E-state index is 11.9. The van der Waals surface area contributed by atoms with Crippen molar-refractivity contribution in [3.8, 4) is 0 Å². The number of carboxylic acid groups (broad SMARTS) is 1. The van der Waals surface area contributed by atoms with E-state index in [1.165, 1.54) is 0 Å². The Labute approximate surface area is 113 Å². The SMILES string of the molecule is CC(C)C(C)C(=O)Nc1cccc(CCC(=O)O)c1. The van der Waals surface area contributed by atoms with Crippen molar-refractivity contribution in [2.45, 2.75) is 33.6 Å². The van der Waals surface area contributed by atoms with E-state index < -0.39 is 5.97 Å². The van der Waals surface area contributed by atoms with Crippen molar-refractivity contribution in [1.29, 1.82) is 0 Å². The second-order valence-electron chi connectivity index (χ2n) is 5.12. The Morgan fingerprint density at radius 2 is 1.95 bits per heavy atom. The van der Waals surface area contributed by atoms with Crippen LogP contribution in [0.15, 0.2) is 24.3 Å². The number of carbonyl (C=O) groups excluding carboxylic acids is 1. The maximum Gasteiger partial charge on any atom is 0.303 e. The van der Waals surface area contributed by atoms with E-state index in [2.05, 4.69) is 5.32 Å². The molecule has 0 spiro atoms. The minimum absolute atomic E-state index is 0.00890. The summed E-state index contributed by atoms with van der Waals surface area (Å²) in [5, 5.41) is 11.5. The number of hydrogen-bond acceptors (Lipinski definition) is 2. The van der Waals surface area contributed by atoms with Crippen LogP contribution < -0.4 is 5.32 Å². The Morgan fingerprint density at radius 1 is 1.26 bits per heavy atom. The average Bonchev–Trinajstić information content (AvgIpc) is 2.35. The normalized spacial score (nSPS) is 12.2. The molecule has 0 heterocycles. The Kier molecular flexibility index (Phi) is 5.55. The molecule has 0 aliphatic heterocycles. The van der Waals surface area contributed by atoms with Gasteiger partial charge in [-0.15, -0.1) is 0 Å². The van der Waals surface area contributed by atoms with E-state index in [9.17, 15) is 9.59 Å². The molecule has 4 nitrogen and oxygen atoms in total. The number of carboxylic acids is 1. The Morgan fingerprint density at radius 3 is 2.53 bits per heavy atom. The summed E-state index contributed by atoms with van der Waals surface area (Å²) in [7, 11) is 0. The van der Waals surface area contributed by atoms with Gasteiger partial charge in [-0.05, 0) is 30.0 Å². The van der Waals surface area contributed by atoms with Crippen LogP contribution >= 0.6 is 0 Å². The van der Waals surface area contributed by atoms with Gasteiger partial charge in [-0.3, -0.25) is 9.59 Å². The van der Waals surface area contributed by atoms with Gasteiger partial charge < -0.3 is 10.4 Å². The molecule has 0 aliphatic carbocycles. The number of carbonyl (C=O) groups is 2. The zero-order chi connectivity index (χ0) is 14.4.